The Kier molecular flexibility index (Phi) is 7.07. The molecule has 198 valence electrons. The summed E-state index contributed by atoms with van der Waals surface area (Å²) in [5.74, 6) is -3.81. The number of ether oxygens (including phenoxy) is 1. The molecule has 1 aliphatic heterocycles. The van der Waals surface area contributed by atoms with Gasteiger partial charge in [-0.25, -0.2) is 13.8 Å². The largest absolute Gasteiger partial charge is 0.495 e. The standard InChI is InChI=1S/C24H25F5N6O2/c1-14-8-23(25,26)13-35(19(14)11-32-20-7-4-15(9-31-20)24(27,28)29)22(36)21-17(12-34(2)33-21)18-6-5-16(37-3)10-30-18/h4-7,9-10,12,14,19H,8,11,13H2,1-3H3,(H,31,32)/t14-,19-/m1/s1. The van der Waals surface area contributed by atoms with E-state index in [2.05, 4.69) is 20.4 Å². The Morgan fingerprint density at radius 2 is 1.95 bits per heavy atom. The van der Waals surface area contributed by atoms with Crippen LogP contribution in [0.15, 0.2) is 42.9 Å². The highest BCUT2D eigenvalue weighted by molar-refractivity contribution is 5.98. The minimum Gasteiger partial charge on any atom is -0.495 e. The molecule has 2 atom stereocenters. The molecule has 4 rings (SSSR count). The van der Waals surface area contributed by atoms with E-state index in [1.807, 2.05) is 0 Å². The van der Waals surface area contributed by atoms with Crippen LogP contribution in [0.1, 0.15) is 29.4 Å². The van der Waals surface area contributed by atoms with Crippen molar-refractivity contribution in [2.75, 3.05) is 25.5 Å². The predicted molar refractivity (Wildman–Crippen MR) is 124 cm³/mol. The molecule has 1 saturated heterocycles. The smallest absolute Gasteiger partial charge is 0.417 e. The third-order valence-electron chi connectivity index (χ3n) is 6.20. The number of nitrogens with one attached hydrogen (secondary N) is 1. The lowest BCUT2D eigenvalue weighted by Gasteiger charge is -2.43. The van der Waals surface area contributed by atoms with Crippen molar-refractivity contribution in [3.63, 3.8) is 0 Å². The number of aromatic nitrogens is 4. The van der Waals surface area contributed by atoms with Gasteiger partial charge in [-0.15, -0.1) is 0 Å². The number of pyridine rings is 2. The van der Waals surface area contributed by atoms with Gasteiger partial charge in [0.15, 0.2) is 5.69 Å². The molecule has 0 spiro atoms. The zero-order valence-electron chi connectivity index (χ0n) is 20.3. The number of methoxy groups -OCH3 is 1. The minimum atomic E-state index is -4.53. The van der Waals surface area contributed by atoms with Gasteiger partial charge in [-0.05, 0) is 30.2 Å². The monoisotopic (exact) mass is 524 g/mol. The maximum Gasteiger partial charge on any atom is 0.417 e. The maximum absolute atomic E-state index is 14.6. The van der Waals surface area contributed by atoms with E-state index in [1.165, 1.54) is 18.0 Å². The third kappa shape index (κ3) is 5.81. The Labute approximate surface area is 209 Å². The lowest BCUT2D eigenvalue weighted by atomic mass is 9.88. The Morgan fingerprint density at radius 3 is 2.54 bits per heavy atom. The summed E-state index contributed by atoms with van der Waals surface area (Å²) in [4.78, 5) is 22.8. The SMILES string of the molecule is COc1ccc(-c2cn(C)nc2C(=O)N2CC(F)(F)C[C@@H](C)[C@H]2CNc2ccc(C(F)(F)F)cn2)nc1. The van der Waals surface area contributed by atoms with Gasteiger partial charge in [0, 0.05) is 32.4 Å². The van der Waals surface area contributed by atoms with Crippen molar-refractivity contribution in [3.05, 3.63) is 54.1 Å². The highest BCUT2D eigenvalue weighted by atomic mass is 19.4. The van der Waals surface area contributed by atoms with Gasteiger partial charge in [0.25, 0.3) is 11.8 Å². The van der Waals surface area contributed by atoms with E-state index in [4.69, 9.17) is 4.74 Å². The second kappa shape index (κ2) is 9.94. The van der Waals surface area contributed by atoms with E-state index in [9.17, 15) is 26.7 Å². The minimum absolute atomic E-state index is 0.00427. The zero-order valence-corrected chi connectivity index (χ0v) is 20.3. The van der Waals surface area contributed by atoms with Gasteiger partial charge < -0.3 is 15.0 Å². The summed E-state index contributed by atoms with van der Waals surface area (Å²) in [6.07, 6.45) is -1.24. The van der Waals surface area contributed by atoms with Crippen LogP contribution in [-0.2, 0) is 13.2 Å². The molecular weight excluding hydrogens is 499 g/mol. The van der Waals surface area contributed by atoms with Crippen molar-refractivity contribution < 1.29 is 31.5 Å². The number of hydrogen-bond donors (Lipinski definition) is 1. The molecule has 1 amide bonds. The van der Waals surface area contributed by atoms with E-state index in [-0.39, 0.29) is 18.1 Å². The molecular formula is C24H25F5N6O2. The summed E-state index contributed by atoms with van der Waals surface area (Å²) >= 11 is 0. The molecule has 0 aliphatic carbocycles. The lowest BCUT2D eigenvalue weighted by Crippen LogP contribution is -2.57. The molecule has 4 heterocycles. The lowest BCUT2D eigenvalue weighted by molar-refractivity contribution is -0.137. The number of piperidine rings is 1. The summed E-state index contributed by atoms with van der Waals surface area (Å²) in [5, 5.41) is 7.12. The number of amides is 1. The van der Waals surface area contributed by atoms with Gasteiger partial charge in [0.05, 0.1) is 42.7 Å². The number of aryl methyl sites for hydroxylation is 1. The van der Waals surface area contributed by atoms with Gasteiger partial charge >= 0.3 is 6.18 Å². The molecule has 0 radical (unpaired) electrons. The summed E-state index contributed by atoms with van der Waals surface area (Å²) in [7, 11) is 3.09. The van der Waals surface area contributed by atoms with E-state index >= 15 is 0 Å². The van der Waals surface area contributed by atoms with Gasteiger partial charge in [-0.2, -0.15) is 18.3 Å². The van der Waals surface area contributed by atoms with Crippen LogP contribution in [0.2, 0.25) is 0 Å². The number of rotatable bonds is 6. The van der Waals surface area contributed by atoms with Crippen LogP contribution < -0.4 is 10.1 Å². The number of carbonyl (C=O) groups is 1. The molecule has 3 aromatic rings. The van der Waals surface area contributed by atoms with Gasteiger partial charge in [0.1, 0.15) is 11.6 Å². The highest BCUT2D eigenvalue weighted by Gasteiger charge is 2.47. The number of anilines is 1. The number of halogens is 5. The first-order valence-electron chi connectivity index (χ1n) is 11.4. The van der Waals surface area contributed by atoms with Crippen molar-refractivity contribution in [2.24, 2.45) is 13.0 Å². The topological polar surface area (TPSA) is 85.2 Å². The number of likely N-dealkylation sites (tertiary alicyclic amines) is 1. The van der Waals surface area contributed by atoms with Crippen molar-refractivity contribution in [3.8, 4) is 17.0 Å². The average molecular weight is 524 g/mol. The van der Waals surface area contributed by atoms with E-state index < -0.39 is 48.5 Å². The summed E-state index contributed by atoms with van der Waals surface area (Å²) in [6, 6.07) is 4.62. The Hall–Kier alpha value is -3.77. The fourth-order valence-electron chi connectivity index (χ4n) is 4.38. The van der Waals surface area contributed by atoms with Gasteiger partial charge in [0.2, 0.25) is 0 Å². The first-order chi connectivity index (χ1) is 17.4. The van der Waals surface area contributed by atoms with Gasteiger partial charge in [-0.1, -0.05) is 6.92 Å². The van der Waals surface area contributed by atoms with Crippen LogP contribution in [0.3, 0.4) is 0 Å². The van der Waals surface area contributed by atoms with E-state index in [0.29, 0.717) is 23.2 Å². The predicted octanol–water partition coefficient (Wildman–Crippen LogP) is 4.50. The third-order valence-corrected chi connectivity index (χ3v) is 6.20. The fourth-order valence-corrected chi connectivity index (χ4v) is 4.38. The normalized spacial score (nSPS) is 19.5. The quantitative estimate of drug-likeness (QED) is 0.478. The Balaban J connectivity index is 1.60. The van der Waals surface area contributed by atoms with Crippen LogP contribution in [0.5, 0.6) is 5.75 Å². The summed E-state index contributed by atoms with van der Waals surface area (Å²) in [5.41, 5.74) is -0.163. The van der Waals surface area contributed by atoms with E-state index in [0.717, 1.165) is 17.0 Å². The molecule has 3 aromatic heterocycles. The zero-order chi connectivity index (χ0) is 27.0. The molecule has 0 unspecified atom stereocenters. The first kappa shape index (κ1) is 26.3. The molecule has 0 saturated carbocycles. The van der Waals surface area contributed by atoms with Crippen molar-refractivity contribution in [1.82, 2.24) is 24.6 Å². The van der Waals surface area contributed by atoms with E-state index in [1.54, 1.807) is 32.3 Å². The summed E-state index contributed by atoms with van der Waals surface area (Å²) < 4.78 is 74.2. The Bertz CT molecular complexity index is 1240. The first-order valence-corrected chi connectivity index (χ1v) is 11.4. The number of nitrogens with zero attached hydrogens (tertiary/aromatic N) is 5. The van der Waals surface area contributed by atoms with Crippen molar-refractivity contribution in [1.29, 1.82) is 0 Å². The molecule has 1 aliphatic rings. The van der Waals surface area contributed by atoms with Crippen molar-refractivity contribution >= 4 is 11.7 Å². The van der Waals surface area contributed by atoms with Crippen molar-refractivity contribution in [2.45, 2.75) is 31.5 Å². The van der Waals surface area contributed by atoms with Crippen LogP contribution >= 0.6 is 0 Å². The molecule has 1 N–H and O–H groups in total. The summed E-state index contributed by atoms with van der Waals surface area (Å²) in [6.45, 7) is 0.781. The maximum atomic E-state index is 14.6. The highest BCUT2D eigenvalue weighted by Crippen LogP contribution is 2.36. The number of alkyl halides is 5. The molecule has 8 nitrogen and oxygen atoms in total. The van der Waals surface area contributed by atoms with Gasteiger partial charge in [-0.3, -0.25) is 14.5 Å². The second-order valence-corrected chi connectivity index (χ2v) is 9.00. The van der Waals surface area contributed by atoms with Crippen LogP contribution in [0, 0.1) is 5.92 Å². The molecule has 13 heteroatoms. The number of carbonyl (C=O) groups excluding carboxylic acids is 1. The molecule has 0 bridgehead atoms. The fraction of sp³-hybridized carbons (Fsp3) is 0.417. The second-order valence-electron chi connectivity index (χ2n) is 9.00. The Morgan fingerprint density at radius 1 is 1.19 bits per heavy atom. The number of hydrogen-bond acceptors (Lipinski definition) is 6. The molecule has 1 fully saturated rings. The average Bonchev–Trinajstić information content (AvgIpc) is 3.23. The van der Waals surface area contributed by atoms with Crippen LogP contribution in [0.4, 0.5) is 27.8 Å². The van der Waals surface area contributed by atoms with Crippen LogP contribution in [-0.4, -0.2) is 62.7 Å². The molecule has 37 heavy (non-hydrogen) atoms. The van der Waals surface area contributed by atoms with Crippen LogP contribution in [0.25, 0.3) is 11.3 Å². The molecule has 0 aromatic carbocycles.